The summed E-state index contributed by atoms with van der Waals surface area (Å²) < 4.78 is 2.37. The van der Waals surface area contributed by atoms with Crippen molar-refractivity contribution in [3.8, 4) is 0 Å². The van der Waals surface area contributed by atoms with Crippen LogP contribution >= 0.6 is 0 Å². The molecule has 1 saturated heterocycles. The van der Waals surface area contributed by atoms with Gasteiger partial charge in [-0.05, 0) is 62.1 Å². The smallest absolute Gasteiger partial charge is 0.254 e. The third-order valence-electron chi connectivity index (χ3n) is 7.40. The van der Waals surface area contributed by atoms with Crippen molar-refractivity contribution in [1.29, 1.82) is 0 Å². The zero-order chi connectivity index (χ0) is 25.1. The van der Waals surface area contributed by atoms with Crippen LogP contribution in [0.15, 0.2) is 30.3 Å². The molecule has 0 atom stereocenters. The van der Waals surface area contributed by atoms with Crippen LogP contribution in [-0.4, -0.2) is 64.7 Å². The van der Waals surface area contributed by atoms with Gasteiger partial charge in [0.25, 0.3) is 5.91 Å². The van der Waals surface area contributed by atoms with Gasteiger partial charge in [-0.25, -0.2) is 0 Å². The zero-order valence-electron chi connectivity index (χ0n) is 21.5. The summed E-state index contributed by atoms with van der Waals surface area (Å²) in [6.07, 6.45) is 1.03. The highest BCUT2D eigenvalue weighted by atomic mass is 16.3. The Balaban J connectivity index is 1.72. The molecule has 1 amide bonds. The minimum atomic E-state index is 0.0642. The van der Waals surface area contributed by atoms with Crippen molar-refractivity contribution < 1.29 is 9.90 Å². The van der Waals surface area contributed by atoms with Crippen LogP contribution in [0.4, 0.5) is 11.4 Å². The van der Waals surface area contributed by atoms with E-state index in [9.17, 15) is 9.90 Å². The first-order chi connectivity index (χ1) is 16.8. The Morgan fingerprint density at radius 3 is 2.49 bits per heavy atom. The van der Waals surface area contributed by atoms with E-state index in [1.54, 1.807) is 0 Å². The summed E-state index contributed by atoms with van der Waals surface area (Å²) in [6, 6.07) is 10.1. The van der Waals surface area contributed by atoms with E-state index in [-0.39, 0.29) is 12.5 Å². The van der Waals surface area contributed by atoms with Crippen LogP contribution in [-0.2, 0) is 13.1 Å². The van der Waals surface area contributed by atoms with E-state index in [1.807, 2.05) is 23.1 Å². The molecule has 4 N–H and O–H groups in total. The summed E-state index contributed by atoms with van der Waals surface area (Å²) in [7, 11) is 0. The van der Waals surface area contributed by atoms with Crippen LogP contribution in [0.5, 0.6) is 0 Å². The van der Waals surface area contributed by atoms with Gasteiger partial charge in [0.05, 0.1) is 17.8 Å². The van der Waals surface area contributed by atoms with Crippen LogP contribution in [0.1, 0.15) is 46.1 Å². The highest BCUT2D eigenvalue weighted by molar-refractivity contribution is 6.04. The average molecular weight is 478 g/mol. The predicted octanol–water partition coefficient (Wildman–Crippen LogP) is 3.92. The van der Waals surface area contributed by atoms with Gasteiger partial charge < -0.3 is 25.6 Å². The molecular formula is C28H39N5O2. The molecule has 1 fully saturated rings. The highest BCUT2D eigenvalue weighted by Gasteiger charge is 2.24. The number of nitrogen functional groups attached to an aromatic ring is 1. The van der Waals surface area contributed by atoms with Gasteiger partial charge >= 0.3 is 0 Å². The third-order valence-corrected chi connectivity index (χ3v) is 7.40. The van der Waals surface area contributed by atoms with E-state index in [2.05, 4.69) is 54.6 Å². The van der Waals surface area contributed by atoms with Crippen LogP contribution in [0.3, 0.4) is 0 Å². The number of aromatic nitrogens is 1. The second-order valence-electron chi connectivity index (χ2n) is 9.64. The van der Waals surface area contributed by atoms with Crippen molar-refractivity contribution in [2.45, 2.75) is 47.2 Å². The van der Waals surface area contributed by atoms with E-state index >= 15 is 0 Å². The number of nitrogens with zero attached hydrogens (tertiary/aromatic N) is 3. The molecule has 35 heavy (non-hydrogen) atoms. The number of hydrogen-bond donors (Lipinski definition) is 3. The van der Waals surface area contributed by atoms with Crippen molar-refractivity contribution in [3.05, 3.63) is 58.3 Å². The number of carbonyl (C=O) groups excluding carboxylic acids is 1. The fourth-order valence-electron chi connectivity index (χ4n) is 5.19. The quantitative estimate of drug-likeness (QED) is 0.428. The van der Waals surface area contributed by atoms with Crippen LogP contribution in [0, 0.1) is 20.8 Å². The molecule has 3 aromatic rings. The number of nitrogens with two attached hydrogens (primary N) is 1. The van der Waals surface area contributed by atoms with E-state index < -0.39 is 0 Å². The molecule has 1 aliphatic rings. The van der Waals surface area contributed by atoms with Gasteiger partial charge in [0.2, 0.25) is 0 Å². The van der Waals surface area contributed by atoms with Gasteiger partial charge in [0.1, 0.15) is 0 Å². The Morgan fingerprint density at radius 1 is 1.09 bits per heavy atom. The lowest BCUT2D eigenvalue weighted by atomic mass is 10.0. The second kappa shape index (κ2) is 10.7. The number of aryl methyl sites for hydroxylation is 3. The van der Waals surface area contributed by atoms with Gasteiger partial charge in [-0.1, -0.05) is 19.1 Å². The van der Waals surface area contributed by atoms with Crippen molar-refractivity contribution in [3.63, 3.8) is 0 Å². The summed E-state index contributed by atoms with van der Waals surface area (Å²) in [6.45, 7) is 13.8. The molecule has 1 aliphatic heterocycles. The van der Waals surface area contributed by atoms with Gasteiger partial charge in [0, 0.05) is 68.1 Å². The lowest BCUT2D eigenvalue weighted by molar-refractivity contribution is 0.0615. The number of benzene rings is 2. The maximum absolute atomic E-state index is 13.6. The second-order valence-corrected chi connectivity index (χ2v) is 9.64. The molecule has 7 nitrogen and oxygen atoms in total. The number of hydrogen-bond acceptors (Lipinski definition) is 5. The largest absolute Gasteiger partial charge is 0.398 e. The van der Waals surface area contributed by atoms with Crippen LogP contribution in [0.2, 0.25) is 0 Å². The van der Waals surface area contributed by atoms with Gasteiger partial charge in [-0.2, -0.15) is 0 Å². The van der Waals surface area contributed by atoms with Gasteiger partial charge in [-0.15, -0.1) is 0 Å². The summed E-state index contributed by atoms with van der Waals surface area (Å²) in [5.74, 6) is 0.0642. The van der Waals surface area contributed by atoms with E-state index in [1.165, 1.54) is 11.3 Å². The first-order valence-corrected chi connectivity index (χ1v) is 12.7. The minimum Gasteiger partial charge on any atom is -0.398 e. The highest BCUT2D eigenvalue weighted by Crippen LogP contribution is 2.34. The molecule has 188 valence electrons. The number of anilines is 2. The Kier molecular flexibility index (Phi) is 7.67. The fourth-order valence-corrected chi connectivity index (χ4v) is 5.19. The number of nitrogens with one attached hydrogen (secondary N) is 1. The Bertz CT molecular complexity index is 1190. The Labute approximate surface area is 208 Å². The number of rotatable bonds is 8. The summed E-state index contributed by atoms with van der Waals surface area (Å²) in [5.41, 5.74) is 14.6. The van der Waals surface area contributed by atoms with E-state index in [0.29, 0.717) is 31.7 Å². The number of carbonyl (C=O) groups is 1. The first kappa shape index (κ1) is 25.1. The molecule has 2 heterocycles. The Morgan fingerprint density at radius 2 is 1.83 bits per heavy atom. The third kappa shape index (κ3) is 5.02. The first-order valence-electron chi connectivity index (χ1n) is 12.7. The van der Waals surface area contributed by atoms with Crippen molar-refractivity contribution in [2.24, 2.45) is 0 Å². The molecule has 2 aromatic carbocycles. The molecule has 0 bridgehead atoms. The summed E-state index contributed by atoms with van der Waals surface area (Å²) in [5, 5.41) is 14.0. The molecule has 0 radical (unpaired) electrons. The molecule has 7 heteroatoms. The van der Waals surface area contributed by atoms with Crippen molar-refractivity contribution in [2.75, 3.05) is 50.4 Å². The lowest BCUT2D eigenvalue weighted by Gasteiger charge is -2.34. The maximum Gasteiger partial charge on any atom is 0.254 e. The molecule has 0 spiro atoms. The van der Waals surface area contributed by atoms with Gasteiger partial charge in [0.15, 0.2) is 0 Å². The molecular weight excluding hydrogens is 438 g/mol. The molecule has 0 saturated carbocycles. The normalized spacial score (nSPS) is 14.6. The Hall–Kier alpha value is -3.03. The predicted molar refractivity (Wildman–Crippen MR) is 144 cm³/mol. The average Bonchev–Trinajstić information content (AvgIpc) is 3.09. The van der Waals surface area contributed by atoms with E-state index in [0.717, 1.165) is 59.5 Å². The number of β-amino-alcohol motifs (C(OH)–C–C–N with tert-alkyl or cyclic N) is 1. The van der Waals surface area contributed by atoms with E-state index in [4.69, 9.17) is 5.73 Å². The number of piperazine rings is 1. The number of aliphatic hydroxyl groups is 1. The standard InChI is InChI=1S/C28H39N5O2/c1-5-9-33-21(4)20(3)23-16-22(28(35)32-12-10-31(11-13-32)14-15-34)17-26(27(23)33)30-18-24-19(2)7-6-8-25(24)29/h6-8,16-17,30,34H,5,9-15,18,29H2,1-4H3. The number of aliphatic hydroxyl groups excluding tert-OH is 1. The zero-order valence-corrected chi connectivity index (χ0v) is 21.5. The van der Waals surface area contributed by atoms with Crippen molar-refractivity contribution in [1.82, 2.24) is 14.4 Å². The maximum atomic E-state index is 13.6. The van der Waals surface area contributed by atoms with Crippen LogP contribution in [0.25, 0.3) is 10.9 Å². The lowest BCUT2D eigenvalue weighted by Crippen LogP contribution is -2.49. The fraction of sp³-hybridized carbons (Fsp3) is 0.464. The molecule has 0 aliphatic carbocycles. The summed E-state index contributed by atoms with van der Waals surface area (Å²) >= 11 is 0. The minimum absolute atomic E-state index is 0.0642. The molecule has 0 unspecified atom stereocenters. The number of fused-ring (bicyclic) bond motifs is 1. The SMILES string of the molecule is CCCn1c(C)c(C)c2cc(C(=O)N3CCN(CCO)CC3)cc(NCc3c(C)cccc3N)c21. The van der Waals surface area contributed by atoms with Gasteiger partial charge in [-0.3, -0.25) is 9.69 Å². The van der Waals surface area contributed by atoms with Crippen LogP contribution < -0.4 is 11.1 Å². The number of amides is 1. The van der Waals surface area contributed by atoms with Crippen molar-refractivity contribution >= 4 is 28.2 Å². The summed E-state index contributed by atoms with van der Waals surface area (Å²) in [4.78, 5) is 17.7. The molecule has 1 aromatic heterocycles. The molecule has 4 rings (SSSR count). The topological polar surface area (TPSA) is 86.8 Å². The monoisotopic (exact) mass is 477 g/mol.